The van der Waals surface area contributed by atoms with Gasteiger partial charge in [0.05, 0.1) is 0 Å². The van der Waals surface area contributed by atoms with Crippen molar-refractivity contribution in [3.05, 3.63) is 76.9 Å². The van der Waals surface area contributed by atoms with Crippen LogP contribution in [-0.4, -0.2) is 0 Å². The van der Waals surface area contributed by atoms with Crippen molar-refractivity contribution in [3.8, 4) is 0 Å². The topological polar surface area (TPSA) is 0 Å². The van der Waals surface area contributed by atoms with E-state index in [0.29, 0.717) is 0 Å². The van der Waals surface area contributed by atoms with Crippen molar-refractivity contribution in [2.75, 3.05) is 0 Å². The van der Waals surface area contributed by atoms with Crippen molar-refractivity contribution < 1.29 is 0 Å². The van der Waals surface area contributed by atoms with E-state index in [0.717, 1.165) is 12.8 Å². The highest BCUT2D eigenvalue weighted by Gasteiger charge is 2.05. The Kier molecular flexibility index (Phi) is 2.34. The van der Waals surface area contributed by atoms with E-state index >= 15 is 0 Å². The summed E-state index contributed by atoms with van der Waals surface area (Å²) < 4.78 is 0. The minimum Gasteiger partial charge on any atom is -0.0795 e. The Morgan fingerprint density at radius 1 is 0.875 bits per heavy atom. The Hall–Kier alpha value is -1.82. The maximum absolute atomic E-state index is 2.31. The Balaban J connectivity index is 1.88. The number of rotatable bonds is 2. The minimum atomic E-state index is 1.03. The molecule has 1 aliphatic carbocycles. The Bertz CT molecular complexity index is 521. The molecule has 2 aromatic rings. The van der Waals surface area contributed by atoms with E-state index in [1.807, 2.05) is 0 Å². The van der Waals surface area contributed by atoms with Crippen LogP contribution in [0.1, 0.15) is 22.3 Å². The van der Waals surface area contributed by atoms with Crippen LogP contribution in [0.4, 0.5) is 0 Å². The summed E-state index contributed by atoms with van der Waals surface area (Å²) in [5.74, 6) is 0. The molecule has 0 aromatic heterocycles. The Morgan fingerprint density at radius 3 is 2.62 bits per heavy atom. The molecule has 16 heavy (non-hydrogen) atoms. The van der Waals surface area contributed by atoms with Crippen LogP contribution in [0.5, 0.6) is 0 Å². The van der Waals surface area contributed by atoms with E-state index in [1.54, 1.807) is 0 Å². The highest BCUT2D eigenvalue weighted by Crippen LogP contribution is 2.21. The van der Waals surface area contributed by atoms with Gasteiger partial charge >= 0.3 is 0 Å². The van der Waals surface area contributed by atoms with E-state index in [1.165, 1.54) is 22.3 Å². The molecule has 0 N–H and O–H groups in total. The maximum atomic E-state index is 2.31. The number of hydrogen-bond donors (Lipinski definition) is 0. The lowest BCUT2D eigenvalue weighted by Gasteiger charge is -2.04. The van der Waals surface area contributed by atoms with E-state index in [9.17, 15) is 0 Å². The molecule has 78 valence electrons. The Morgan fingerprint density at radius 2 is 1.75 bits per heavy atom. The highest BCUT2D eigenvalue weighted by molar-refractivity contribution is 5.60. The Labute approximate surface area is 96.3 Å². The van der Waals surface area contributed by atoms with Gasteiger partial charge in [0.15, 0.2) is 0 Å². The van der Waals surface area contributed by atoms with Gasteiger partial charge in [-0.05, 0) is 35.1 Å². The first-order chi connectivity index (χ1) is 7.92. The second kappa shape index (κ2) is 3.97. The molecule has 0 fully saturated rings. The van der Waals surface area contributed by atoms with E-state index < -0.39 is 0 Å². The summed E-state index contributed by atoms with van der Waals surface area (Å²) in [5.41, 5.74) is 5.63. The molecule has 0 unspecified atom stereocenters. The van der Waals surface area contributed by atoms with Crippen molar-refractivity contribution in [2.45, 2.75) is 12.8 Å². The van der Waals surface area contributed by atoms with E-state index in [2.05, 4.69) is 60.7 Å². The monoisotopic (exact) mass is 206 g/mol. The third-order valence-electron chi connectivity index (χ3n) is 3.10. The summed E-state index contributed by atoms with van der Waals surface area (Å²) in [6.07, 6.45) is 6.59. The van der Waals surface area contributed by atoms with Crippen molar-refractivity contribution in [1.29, 1.82) is 0 Å². The molecule has 0 bridgehead atoms. The highest BCUT2D eigenvalue weighted by atomic mass is 14.1. The lowest BCUT2D eigenvalue weighted by Crippen LogP contribution is -1.90. The van der Waals surface area contributed by atoms with Gasteiger partial charge in [-0.3, -0.25) is 0 Å². The molecule has 0 heteroatoms. The average Bonchev–Trinajstić information content (AvgIpc) is 2.77. The van der Waals surface area contributed by atoms with Gasteiger partial charge < -0.3 is 0 Å². The van der Waals surface area contributed by atoms with Crippen LogP contribution in [-0.2, 0) is 12.8 Å². The molecule has 0 heterocycles. The van der Waals surface area contributed by atoms with Crippen molar-refractivity contribution in [3.63, 3.8) is 0 Å². The molecule has 0 saturated heterocycles. The first kappa shape index (κ1) is 9.41. The second-order valence-corrected chi connectivity index (χ2v) is 4.30. The molecule has 0 amide bonds. The quantitative estimate of drug-likeness (QED) is 0.700. The summed E-state index contributed by atoms with van der Waals surface area (Å²) in [6.45, 7) is 0. The van der Waals surface area contributed by atoms with Gasteiger partial charge in [0, 0.05) is 0 Å². The zero-order valence-electron chi connectivity index (χ0n) is 9.19. The van der Waals surface area contributed by atoms with Crippen LogP contribution in [0.15, 0.2) is 54.6 Å². The molecule has 0 aliphatic heterocycles. The molecule has 2 aromatic carbocycles. The predicted octanol–water partition coefficient (Wildman–Crippen LogP) is 3.85. The summed E-state index contributed by atoms with van der Waals surface area (Å²) >= 11 is 0. The second-order valence-electron chi connectivity index (χ2n) is 4.30. The van der Waals surface area contributed by atoms with Crippen LogP contribution in [0.25, 0.3) is 6.08 Å². The van der Waals surface area contributed by atoms with Crippen LogP contribution < -0.4 is 0 Å². The van der Waals surface area contributed by atoms with Crippen molar-refractivity contribution in [2.24, 2.45) is 0 Å². The van der Waals surface area contributed by atoms with Crippen LogP contribution in [0.2, 0.25) is 0 Å². The number of allylic oxidation sites excluding steroid dienone is 1. The zero-order valence-corrected chi connectivity index (χ0v) is 9.19. The lowest BCUT2D eigenvalue weighted by atomic mass is 10.0. The van der Waals surface area contributed by atoms with Crippen molar-refractivity contribution in [1.82, 2.24) is 0 Å². The van der Waals surface area contributed by atoms with Crippen LogP contribution in [0.3, 0.4) is 0 Å². The standard InChI is InChI=1S/C16H14/c1-2-5-13(6-3-1)11-14-9-10-15-7-4-8-16(15)12-14/h1-6,8-10,12H,7,11H2. The first-order valence-electron chi connectivity index (χ1n) is 5.74. The first-order valence-corrected chi connectivity index (χ1v) is 5.74. The zero-order chi connectivity index (χ0) is 10.8. The number of hydrogen-bond acceptors (Lipinski definition) is 0. The number of fused-ring (bicyclic) bond motifs is 1. The summed E-state index contributed by atoms with van der Waals surface area (Å²) in [6, 6.07) is 17.4. The van der Waals surface area contributed by atoms with Gasteiger partial charge in [0.25, 0.3) is 0 Å². The van der Waals surface area contributed by atoms with Gasteiger partial charge in [-0.25, -0.2) is 0 Å². The summed E-state index contributed by atoms with van der Waals surface area (Å²) in [5, 5.41) is 0. The summed E-state index contributed by atoms with van der Waals surface area (Å²) in [4.78, 5) is 0. The molecule has 0 saturated carbocycles. The molecular formula is C16H14. The fourth-order valence-electron chi connectivity index (χ4n) is 2.24. The number of benzene rings is 2. The lowest BCUT2D eigenvalue weighted by molar-refractivity contribution is 1.18. The molecule has 3 rings (SSSR count). The van der Waals surface area contributed by atoms with Crippen LogP contribution >= 0.6 is 0 Å². The third-order valence-corrected chi connectivity index (χ3v) is 3.10. The van der Waals surface area contributed by atoms with Gasteiger partial charge in [-0.2, -0.15) is 0 Å². The molecule has 0 radical (unpaired) electrons. The smallest absolute Gasteiger partial charge is 0.00256 e. The van der Waals surface area contributed by atoms with Gasteiger partial charge in [-0.1, -0.05) is 60.7 Å². The molecule has 0 atom stereocenters. The van der Waals surface area contributed by atoms with Gasteiger partial charge in [0.2, 0.25) is 0 Å². The molecule has 0 nitrogen and oxygen atoms in total. The average molecular weight is 206 g/mol. The van der Waals surface area contributed by atoms with Gasteiger partial charge in [0.1, 0.15) is 0 Å². The molecule has 0 spiro atoms. The normalized spacial score (nSPS) is 12.8. The SMILES string of the molecule is C1=Cc2cc(Cc3ccccc3)ccc2C1. The maximum Gasteiger partial charge on any atom is -0.00256 e. The van der Waals surface area contributed by atoms with Crippen molar-refractivity contribution >= 4 is 6.08 Å². The minimum absolute atomic E-state index is 1.03. The fraction of sp³-hybridized carbons (Fsp3) is 0.125. The van der Waals surface area contributed by atoms with Gasteiger partial charge in [-0.15, -0.1) is 0 Å². The largest absolute Gasteiger partial charge is 0.0795 e. The van der Waals surface area contributed by atoms with E-state index in [4.69, 9.17) is 0 Å². The van der Waals surface area contributed by atoms with Crippen LogP contribution in [0, 0.1) is 0 Å². The van der Waals surface area contributed by atoms with E-state index in [-0.39, 0.29) is 0 Å². The molecule has 1 aliphatic rings. The predicted molar refractivity (Wildman–Crippen MR) is 68.4 cm³/mol. The molecular weight excluding hydrogens is 192 g/mol. The summed E-state index contributed by atoms with van der Waals surface area (Å²) in [7, 11) is 0. The third kappa shape index (κ3) is 1.79. The fourth-order valence-corrected chi connectivity index (χ4v) is 2.24.